The molecule has 0 spiro atoms. The van der Waals surface area contributed by atoms with E-state index in [2.05, 4.69) is 0 Å². The number of rotatable bonds is 3. The lowest BCUT2D eigenvalue weighted by molar-refractivity contribution is 0.0495. The molecule has 2 N–H and O–H groups in total. The molecule has 2 saturated carbocycles. The summed E-state index contributed by atoms with van der Waals surface area (Å²) in [6, 6.07) is 0. The van der Waals surface area contributed by atoms with Gasteiger partial charge < -0.3 is 10.2 Å². The molecule has 3 atom stereocenters. The molecule has 0 bridgehead atoms. The summed E-state index contributed by atoms with van der Waals surface area (Å²) in [6.45, 7) is 0. The zero-order valence-corrected chi connectivity index (χ0v) is 8.86. The second-order valence-corrected chi connectivity index (χ2v) is 5.11. The lowest BCUT2D eigenvalue weighted by Gasteiger charge is -2.22. The van der Waals surface area contributed by atoms with E-state index in [1.807, 2.05) is 0 Å². The molecule has 0 aliphatic heterocycles. The fourth-order valence-corrected chi connectivity index (χ4v) is 3.14. The van der Waals surface area contributed by atoms with Crippen molar-refractivity contribution in [1.29, 1.82) is 0 Å². The Morgan fingerprint density at radius 2 is 1.71 bits per heavy atom. The first-order valence-electron chi connectivity index (χ1n) is 6.13. The van der Waals surface area contributed by atoms with Crippen molar-refractivity contribution in [3.8, 4) is 0 Å². The maximum atomic E-state index is 10.0. The van der Waals surface area contributed by atoms with Crippen molar-refractivity contribution < 1.29 is 10.2 Å². The zero-order chi connectivity index (χ0) is 9.97. The van der Waals surface area contributed by atoms with Crippen molar-refractivity contribution in [1.82, 2.24) is 0 Å². The van der Waals surface area contributed by atoms with Gasteiger partial charge in [-0.05, 0) is 43.9 Å². The third-order valence-electron chi connectivity index (χ3n) is 4.11. The highest BCUT2D eigenvalue weighted by atomic mass is 16.3. The van der Waals surface area contributed by atoms with Gasteiger partial charge in [-0.2, -0.15) is 0 Å². The molecule has 3 unspecified atom stereocenters. The molecule has 0 radical (unpaired) electrons. The standard InChI is InChI=1S/C12H22O2/c13-11-7-3-6-10(11)8-12(14)9-4-1-2-5-9/h9-14H,1-8H2. The smallest absolute Gasteiger partial charge is 0.0572 e. The summed E-state index contributed by atoms with van der Waals surface area (Å²) >= 11 is 0. The van der Waals surface area contributed by atoms with Crippen LogP contribution in [0, 0.1) is 11.8 Å². The highest BCUT2D eigenvalue weighted by molar-refractivity contribution is 4.82. The Hall–Kier alpha value is -0.0800. The molecule has 0 aromatic rings. The molecule has 0 aromatic carbocycles. The van der Waals surface area contributed by atoms with Crippen LogP contribution in [0.5, 0.6) is 0 Å². The van der Waals surface area contributed by atoms with Gasteiger partial charge in [-0.25, -0.2) is 0 Å². The predicted molar refractivity (Wildman–Crippen MR) is 55.9 cm³/mol. The van der Waals surface area contributed by atoms with Gasteiger partial charge >= 0.3 is 0 Å². The molecule has 0 heterocycles. The minimum Gasteiger partial charge on any atom is -0.393 e. The minimum atomic E-state index is -0.143. The van der Waals surface area contributed by atoms with E-state index in [0.29, 0.717) is 11.8 Å². The van der Waals surface area contributed by atoms with Crippen LogP contribution in [-0.4, -0.2) is 22.4 Å². The molecule has 2 fully saturated rings. The minimum absolute atomic E-state index is 0.133. The molecule has 0 amide bonds. The molecule has 14 heavy (non-hydrogen) atoms. The summed E-state index contributed by atoms with van der Waals surface area (Å²) in [5.74, 6) is 0.911. The van der Waals surface area contributed by atoms with E-state index in [0.717, 1.165) is 25.7 Å². The van der Waals surface area contributed by atoms with E-state index in [4.69, 9.17) is 0 Å². The molecule has 2 nitrogen and oxygen atoms in total. The average Bonchev–Trinajstić information content (AvgIpc) is 2.77. The van der Waals surface area contributed by atoms with Crippen LogP contribution in [-0.2, 0) is 0 Å². The Bertz CT molecular complexity index is 175. The van der Waals surface area contributed by atoms with Gasteiger partial charge in [0.05, 0.1) is 12.2 Å². The fourth-order valence-electron chi connectivity index (χ4n) is 3.14. The SMILES string of the molecule is OC(CC1CCCC1O)C1CCCC1. The van der Waals surface area contributed by atoms with Crippen molar-refractivity contribution in [2.75, 3.05) is 0 Å². The highest BCUT2D eigenvalue weighted by Gasteiger charge is 2.31. The fraction of sp³-hybridized carbons (Fsp3) is 1.00. The van der Waals surface area contributed by atoms with E-state index in [1.54, 1.807) is 0 Å². The van der Waals surface area contributed by atoms with Gasteiger partial charge in [-0.15, -0.1) is 0 Å². The molecule has 2 aliphatic rings. The summed E-state index contributed by atoms with van der Waals surface area (Å²) in [6.07, 6.45) is 8.74. The first kappa shape index (κ1) is 10.4. The molecule has 2 aliphatic carbocycles. The second kappa shape index (κ2) is 4.63. The monoisotopic (exact) mass is 198 g/mol. The van der Waals surface area contributed by atoms with Crippen LogP contribution in [0.3, 0.4) is 0 Å². The Balaban J connectivity index is 1.78. The van der Waals surface area contributed by atoms with Crippen molar-refractivity contribution in [2.24, 2.45) is 11.8 Å². The van der Waals surface area contributed by atoms with Gasteiger partial charge in [0.2, 0.25) is 0 Å². The van der Waals surface area contributed by atoms with E-state index < -0.39 is 0 Å². The van der Waals surface area contributed by atoms with Gasteiger partial charge in [-0.3, -0.25) is 0 Å². The number of hydrogen-bond donors (Lipinski definition) is 2. The molecule has 0 saturated heterocycles. The maximum absolute atomic E-state index is 10.0. The summed E-state index contributed by atoms with van der Waals surface area (Å²) in [4.78, 5) is 0. The first-order valence-corrected chi connectivity index (χ1v) is 6.13. The van der Waals surface area contributed by atoms with Crippen LogP contribution in [0.25, 0.3) is 0 Å². The van der Waals surface area contributed by atoms with Crippen molar-refractivity contribution in [3.05, 3.63) is 0 Å². The van der Waals surface area contributed by atoms with E-state index in [1.165, 1.54) is 25.7 Å². The maximum Gasteiger partial charge on any atom is 0.0572 e. The number of aliphatic hydroxyl groups is 2. The largest absolute Gasteiger partial charge is 0.393 e. The summed E-state index contributed by atoms with van der Waals surface area (Å²) in [5, 5.41) is 19.7. The quantitative estimate of drug-likeness (QED) is 0.729. The zero-order valence-electron chi connectivity index (χ0n) is 8.86. The number of aliphatic hydroxyl groups excluding tert-OH is 2. The molecular weight excluding hydrogens is 176 g/mol. The molecule has 2 heteroatoms. The normalized spacial score (nSPS) is 36.4. The summed E-state index contributed by atoms with van der Waals surface area (Å²) in [7, 11) is 0. The van der Waals surface area contributed by atoms with Crippen LogP contribution in [0.4, 0.5) is 0 Å². The molecule has 0 aromatic heterocycles. The van der Waals surface area contributed by atoms with Gasteiger partial charge in [0.1, 0.15) is 0 Å². The van der Waals surface area contributed by atoms with Crippen LogP contribution < -0.4 is 0 Å². The Morgan fingerprint density at radius 1 is 1.00 bits per heavy atom. The van der Waals surface area contributed by atoms with Gasteiger partial charge in [0, 0.05) is 0 Å². The first-order chi connectivity index (χ1) is 6.77. The van der Waals surface area contributed by atoms with Crippen LogP contribution in [0.15, 0.2) is 0 Å². The Morgan fingerprint density at radius 3 is 2.29 bits per heavy atom. The lowest BCUT2D eigenvalue weighted by atomic mass is 9.90. The van der Waals surface area contributed by atoms with Crippen LogP contribution in [0.1, 0.15) is 51.4 Å². The molecule has 2 rings (SSSR count). The molecule has 82 valence electrons. The number of hydrogen-bond acceptors (Lipinski definition) is 2. The Labute approximate surface area is 86.3 Å². The second-order valence-electron chi connectivity index (χ2n) is 5.11. The van der Waals surface area contributed by atoms with Crippen LogP contribution in [0.2, 0.25) is 0 Å². The molecular formula is C12H22O2. The van der Waals surface area contributed by atoms with E-state index >= 15 is 0 Å². The van der Waals surface area contributed by atoms with Crippen molar-refractivity contribution in [2.45, 2.75) is 63.6 Å². The Kier molecular flexibility index (Phi) is 3.45. The van der Waals surface area contributed by atoms with Crippen molar-refractivity contribution in [3.63, 3.8) is 0 Å². The van der Waals surface area contributed by atoms with E-state index in [9.17, 15) is 10.2 Å². The summed E-state index contributed by atoms with van der Waals surface area (Å²) in [5.41, 5.74) is 0. The van der Waals surface area contributed by atoms with E-state index in [-0.39, 0.29) is 12.2 Å². The van der Waals surface area contributed by atoms with Gasteiger partial charge in [-0.1, -0.05) is 19.3 Å². The third kappa shape index (κ3) is 2.29. The highest BCUT2D eigenvalue weighted by Crippen LogP contribution is 2.35. The lowest BCUT2D eigenvalue weighted by Crippen LogP contribution is -2.25. The van der Waals surface area contributed by atoms with Gasteiger partial charge in [0.15, 0.2) is 0 Å². The van der Waals surface area contributed by atoms with Gasteiger partial charge in [0.25, 0.3) is 0 Å². The predicted octanol–water partition coefficient (Wildman–Crippen LogP) is 2.09. The third-order valence-corrected chi connectivity index (χ3v) is 4.11. The summed E-state index contributed by atoms with van der Waals surface area (Å²) < 4.78 is 0. The van der Waals surface area contributed by atoms with Crippen LogP contribution >= 0.6 is 0 Å². The van der Waals surface area contributed by atoms with Crippen molar-refractivity contribution >= 4 is 0 Å². The topological polar surface area (TPSA) is 40.5 Å². The average molecular weight is 198 g/mol.